The molecule has 1 amide bonds. The number of benzene rings is 1. The van der Waals surface area contributed by atoms with Crippen LogP contribution >= 0.6 is 0 Å². The molecule has 0 spiro atoms. The molecular weight excluding hydrogens is 360 g/mol. The Balaban J connectivity index is 1.88. The largest absolute Gasteiger partial charge is 0.480 e. The highest BCUT2D eigenvalue weighted by Gasteiger charge is 2.23. The summed E-state index contributed by atoms with van der Waals surface area (Å²) < 4.78 is 16.6. The first-order chi connectivity index (χ1) is 13.2. The second-order valence-corrected chi connectivity index (χ2v) is 7.16. The van der Waals surface area contributed by atoms with Crippen LogP contribution in [0.4, 0.5) is 0 Å². The zero-order chi connectivity index (χ0) is 20.6. The van der Waals surface area contributed by atoms with E-state index in [0.29, 0.717) is 34.6 Å². The normalized spacial score (nSPS) is 12.2. The van der Waals surface area contributed by atoms with E-state index >= 15 is 0 Å². The third-order valence-corrected chi connectivity index (χ3v) is 4.75. The Bertz CT molecular complexity index is 1100. The summed E-state index contributed by atoms with van der Waals surface area (Å²) in [6, 6.07) is 5.43. The van der Waals surface area contributed by atoms with Gasteiger partial charge >= 0.3 is 5.63 Å². The molecule has 2 aromatic heterocycles. The van der Waals surface area contributed by atoms with E-state index in [2.05, 4.69) is 5.16 Å². The predicted molar refractivity (Wildman–Crippen MR) is 104 cm³/mol. The van der Waals surface area contributed by atoms with Crippen LogP contribution in [0.5, 0.6) is 5.75 Å². The molecule has 0 bridgehead atoms. The molecule has 0 aliphatic rings. The number of aromatic nitrogens is 1. The molecule has 28 heavy (non-hydrogen) atoms. The lowest BCUT2D eigenvalue weighted by molar-refractivity contribution is -0.137. The molecule has 0 aliphatic heterocycles. The minimum atomic E-state index is -0.731. The molecule has 0 saturated heterocycles. The Labute approximate surface area is 162 Å². The van der Waals surface area contributed by atoms with Crippen molar-refractivity contribution in [1.29, 1.82) is 0 Å². The summed E-state index contributed by atoms with van der Waals surface area (Å²) in [5.74, 6) is 0.925. The van der Waals surface area contributed by atoms with Gasteiger partial charge in [-0.2, -0.15) is 0 Å². The van der Waals surface area contributed by atoms with Crippen molar-refractivity contribution in [2.24, 2.45) is 0 Å². The molecule has 1 unspecified atom stereocenters. The molecule has 3 aromatic rings. The van der Waals surface area contributed by atoms with Gasteiger partial charge in [-0.05, 0) is 57.9 Å². The lowest BCUT2D eigenvalue weighted by Gasteiger charge is -2.22. The molecule has 1 atom stereocenters. The molecule has 0 saturated carbocycles. The minimum Gasteiger partial charge on any atom is -0.480 e. The summed E-state index contributed by atoms with van der Waals surface area (Å²) in [4.78, 5) is 26.3. The van der Waals surface area contributed by atoms with Crippen LogP contribution in [0.15, 0.2) is 31.9 Å². The van der Waals surface area contributed by atoms with Gasteiger partial charge in [0.1, 0.15) is 11.3 Å². The second kappa shape index (κ2) is 7.50. The van der Waals surface area contributed by atoms with Crippen molar-refractivity contribution in [2.75, 3.05) is 7.05 Å². The van der Waals surface area contributed by atoms with E-state index in [4.69, 9.17) is 13.7 Å². The van der Waals surface area contributed by atoms with E-state index in [0.717, 1.165) is 16.8 Å². The summed E-state index contributed by atoms with van der Waals surface area (Å²) in [5.41, 5.74) is 3.03. The third-order valence-electron chi connectivity index (χ3n) is 4.75. The maximum atomic E-state index is 12.8. The van der Waals surface area contributed by atoms with Gasteiger partial charge in [0.05, 0.1) is 17.6 Å². The average Bonchev–Trinajstić information content (AvgIpc) is 3.03. The molecule has 0 fully saturated rings. The van der Waals surface area contributed by atoms with Crippen LogP contribution < -0.4 is 10.4 Å². The van der Waals surface area contributed by atoms with Gasteiger partial charge < -0.3 is 18.6 Å². The van der Waals surface area contributed by atoms with Crippen molar-refractivity contribution in [3.8, 4) is 5.75 Å². The molecule has 7 nitrogen and oxygen atoms in total. The number of rotatable bonds is 5. The molecule has 0 aliphatic carbocycles. The van der Waals surface area contributed by atoms with Gasteiger partial charge in [0.15, 0.2) is 11.9 Å². The van der Waals surface area contributed by atoms with Crippen LogP contribution in [0.2, 0.25) is 0 Å². The quantitative estimate of drug-likeness (QED) is 0.627. The summed E-state index contributed by atoms with van der Waals surface area (Å²) in [6.45, 7) is 9.26. The number of ether oxygens (including phenoxy) is 1. The molecule has 0 N–H and O–H groups in total. The second-order valence-electron chi connectivity index (χ2n) is 7.16. The molecule has 3 rings (SSSR count). The molecular formula is C21H24N2O5. The van der Waals surface area contributed by atoms with E-state index in [9.17, 15) is 9.59 Å². The number of amides is 1. The number of carbonyl (C=O) groups excluding carboxylic acids is 1. The van der Waals surface area contributed by atoms with Crippen LogP contribution in [0.25, 0.3) is 11.0 Å². The molecule has 1 aromatic carbocycles. The highest BCUT2D eigenvalue weighted by atomic mass is 16.5. The van der Waals surface area contributed by atoms with Crippen molar-refractivity contribution >= 4 is 16.9 Å². The van der Waals surface area contributed by atoms with Gasteiger partial charge in [-0.15, -0.1) is 0 Å². The fourth-order valence-electron chi connectivity index (χ4n) is 3.13. The fourth-order valence-corrected chi connectivity index (χ4v) is 3.13. The van der Waals surface area contributed by atoms with Crippen LogP contribution in [-0.2, 0) is 11.3 Å². The van der Waals surface area contributed by atoms with Crippen molar-refractivity contribution in [2.45, 2.75) is 47.3 Å². The van der Waals surface area contributed by atoms with Gasteiger partial charge in [-0.3, -0.25) is 4.79 Å². The molecule has 2 heterocycles. The van der Waals surface area contributed by atoms with Gasteiger partial charge in [0.2, 0.25) is 0 Å². The lowest BCUT2D eigenvalue weighted by Crippen LogP contribution is -2.37. The minimum absolute atomic E-state index is 0.199. The van der Waals surface area contributed by atoms with E-state index in [1.807, 2.05) is 26.8 Å². The Morgan fingerprint density at radius 2 is 1.89 bits per heavy atom. The number of hydrogen-bond acceptors (Lipinski definition) is 6. The van der Waals surface area contributed by atoms with Crippen molar-refractivity contribution < 1.29 is 18.5 Å². The lowest BCUT2D eigenvalue weighted by atomic mass is 10.0. The molecule has 0 radical (unpaired) electrons. The maximum Gasteiger partial charge on any atom is 0.339 e. The summed E-state index contributed by atoms with van der Waals surface area (Å²) in [6.07, 6.45) is -0.731. The van der Waals surface area contributed by atoms with E-state index in [-0.39, 0.29) is 11.5 Å². The standard InChI is InChI=1S/C21H24N2O5/c1-11-7-17(19-13(3)14(4)21(25)27-18(19)8-11)26-15(5)20(24)23(6)10-16-9-12(2)22-28-16/h7-9,15H,10H2,1-6H3. The Kier molecular flexibility index (Phi) is 5.27. The SMILES string of the molecule is Cc1cc(OC(C)C(=O)N(C)Cc2cc(C)no2)c2c(C)c(C)c(=O)oc2c1. The van der Waals surface area contributed by atoms with E-state index in [1.54, 1.807) is 33.0 Å². The third kappa shape index (κ3) is 3.78. The van der Waals surface area contributed by atoms with Crippen LogP contribution in [-0.4, -0.2) is 29.1 Å². The number of hydrogen-bond donors (Lipinski definition) is 0. The summed E-state index contributed by atoms with van der Waals surface area (Å²) >= 11 is 0. The maximum absolute atomic E-state index is 12.8. The number of carbonyl (C=O) groups is 1. The van der Waals surface area contributed by atoms with E-state index in [1.165, 1.54) is 4.90 Å². The van der Waals surface area contributed by atoms with E-state index < -0.39 is 6.10 Å². The van der Waals surface area contributed by atoms with Crippen molar-refractivity contribution in [3.05, 3.63) is 56.8 Å². The van der Waals surface area contributed by atoms with Gasteiger partial charge in [-0.1, -0.05) is 5.16 Å². The number of aryl methyl sites for hydroxylation is 3. The monoisotopic (exact) mass is 384 g/mol. The topological polar surface area (TPSA) is 85.8 Å². The number of nitrogens with zero attached hydrogens (tertiary/aromatic N) is 2. The Morgan fingerprint density at radius 3 is 2.54 bits per heavy atom. The van der Waals surface area contributed by atoms with Gasteiger partial charge in [-0.25, -0.2) is 4.79 Å². The Morgan fingerprint density at radius 1 is 1.18 bits per heavy atom. The molecule has 148 valence electrons. The van der Waals surface area contributed by atoms with Crippen LogP contribution in [0.3, 0.4) is 0 Å². The first kappa shape index (κ1) is 19.7. The van der Waals surface area contributed by atoms with Crippen molar-refractivity contribution in [1.82, 2.24) is 10.1 Å². The first-order valence-electron chi connectivity index (χ1n) is 9.06. The smallest absolute Gasteiger partial charge is 0.339 e. The number of fused-ring (bicyclic) bond motifs is 1. The number of likely N-dealkylation sites (N-methyl/N-ethyl adjacent to an activating group) is 1. The highest BCUT2D eigenvalue weighted by Crippen LogP contribution is 2.31. The average molecular weight is 384 g/mol. The van der Waals surface area contributed by atoms with Gasteiger partial charge in [0, 0.05) is 18.7 Å². The Hall–Kier alpha value is -3.09. The van der Waals surface area contributed by atoms with Crippen LogP contribution in [0, 0.1) is 27.7 Å². The fraction of sp³-hybridized carbons (Fsp3) is 0.381. The summed E-state index contributed by atoms with van der Waals surface area (Å²) in [7, 11) is 1.68. The summed E-state index contributed by atoms with van der Waals surface area (Å²) in [5, 5.41) is 4.53. The predicted octanol–water partition coefficient (Wildman–Crippen LogP) is 3.44. The van der Waals surface area contributed by atoms with Crippen LogP contribution in [0.1, 0.15) is 35.1 Å². The van der Waals surface area contributed by atoms with Gasteiger partial charge in [0.25, 0.3) is 5.91 Å². The molecule has 7 heteroatoms. The highest BCUT2D eigenvalue weighted by molar-refractivity contribution is 5.89. The zero-order valence-corrected chi connectivity index (χ0v) is 17.0. The first-order valence-corrected chi connectivity index (χ1v) is 9.06. The van der Waals surface area contributed by atoms with Crippen molar-refractivity contribution in [3.63, 3.8) is 0 Å². The zero-order valence-electron chi connectivity index (χ0n) is 17.0.